The molecular formula is C15H15ClN2O3. The van der Waals surface area contributed by atoms with Crippen molar-refractivity contribution in [3.8, 4) is 11.5 Å². The van der Waals surface area contributed by atoms with Crippen molar-refractivity contribution >= 4 is 29.0 Å². The van der Waals surface area contributed by atoms with E-state index in [-0.39, 0.29) is 5.75 Å². The van der Waals surface area contributed by atoms with Crippen molar-refractivity contribution in [2.75, 3.05) is 17.7 Å². The predicted octanol–water partition coefficient (Wildman–Crippen LogP) is 4.01. The number of aromatic hydroxyl groups is 1. The van der Waals surface area contributed by atoms with Crippen LogP contribution >= 0.6 is 11.6 Å². The van der Waals surface area contributed by atoms with Gasteiger partial charge in [0.05, 0.1) is 18.5 Å². The zero-order valence-corrected chi connectivity index (χ0v) is 12.4. The molecule has 3 N–H and O–H groups in total. The Hall–Kier alpha value is -2.40. The van der Waals surface area contributed by atoms with Gasteiger partial charge in [0.2, 0.25) is 0 Å². The molecule has 0 aromatic heterocycles. The van der Waals surface area contributed by atoms with Gasteiger partial charge in [0.1, 0.15) is 11.5 Å². The third-order valence-electron chi connectivity index (χ3n) is 2.81. The Labute approximate surface area is 127 Å². The molecule has 110 valence electrons. The van der Waals surface area contributed by atoms with Gasteiger partial charge in [-0.05, 0) is 42.8 Å². The number of ether oxygens (including phenoxy) is 1. The Morgan fingerprint density at radius 1 is 1.14 bits per heavy atom. The number of benzene rings is 2. The van der Waals surface area contributed by atoms with Gasteiger partial charge < -0.3 is 20.5 Å². The summed E-state index contributed by atoms with van der Waals surface area (Å²) in [6.45, 7) is 1.85. The summed E-state index contributed by atoms with van der Waals surface area (Å²) < 4.78 is 5.14. The van der Waals surface area contributed by atoms with Crippen LogP contribution in [0.3, 0.4) is 0 Å². The fraction of sp³-hybridized carbons (Fsp3) is 0.133. The van der Waals surface area contributed by atoms with Crippen LogP contribution in [0.4, 0.5) is 16.2 Å². The number of rotatable bonds is 3. The van der Waals surface area contributed by atoms with Gasteiger partial charge in [0.25, 0.3) is 0 Å². The molecule has 0 unspecified atom stereocenters. The second-order valence-corrected chi connectivity index (χ2v) is 4.88. The molecule has 2 aromatic rings. The van der Waals surface area contributed by atoms with E-state index in [4.69, 9.17) is 16.3 Å². The number of anilines is 2. The van der Waals surface area contributed by atoms with Crippen LogP contribution in [0.25, 0.3) is 0 Å². The molecule has 0 aliphatic carbocycles. The molecule has 2 rings (SSSR count). The van der Waals surface area contributed by atoms with E-state index in [9.17, 15) is 9.90 Å². The summed E-state index contributed by atoms with van der Waals surface area (Å²) in [7, 11) is 1.50. The number of halogens is 1. The van der Waals surface area contributed by atoms with E-state index < -0.39 is 6.03 Å². The minimum atomic E-state index is -0.505. The van der Waals surface area contributed by atoms with Crippen LogP contribution in [0.5, 0.6) is 11.5 Å². The van der Waals surface area contributed by atoms with E-state index in [0.29, 0.717) is 22.1 Å². The number of urea groups is 1. The lowest BCUT2D eigenvalue weighted by molar-refractivity contribution is 0.262. The van der Waals surface area contributed by atoms with E-state index >= 15 is 0 Å². The predicted molar refractivity (Wildman–Crippen MR) is 83.5 cm³/mol. The number of phenols is 1. The average molecular weight is 307 g/mol. The Morgan fingerprint density at radius 2 is 1.86 bits per heavy atom. The third kappa shape index (κ3) is 3.79. The quantitative estimate of drug-likeness (QED) is 0.750. The van der Waals surface area contributed by atoms with Crippen molar-refractivity contribution in [3.63, 3.8) is 0 Å². The monoisotopic (exact) mass is 306 g/mol. The highest BCUT2D eigenvalue weighted by Crippen LogP contribution is 2.28. The molecule has 0 spiro atoms. The maximum Gasteiger partial charge on any atom is 0.323 e. The van der Waals surface area contributed by atoms with E-state index in [1.807, 2.05) is 6.92 Å². The van der Waals surface area contributed by atoms with E-state index in [2.05, 4.69) is 10.6 Å². The minimum Gasteiger partial charge on any atom is -0.506 e. The van der Waals surface area contributed by atoms with E-state index in [1.165, 1.54) is 7.11 Å². The maximum atomic E-state index is 12.0. The molecule has 21 heavy (non-hydrogen) atoms. The standard InChI is InChI=1S/C15H15ClN2O3/c1-9-3-5-11(13(19)7-9)17-15(20)18-12-8-10(16)4-6-14(12)21-2/h3-8,19H,1-2H3,(H2,17,18,20). The molecule has 0 heterocycles. The van der Waals surface area contributed by atoms with Gasteiger partial charge in [-0.25, -0.2) is 4.79 Å². The molecule has 6 heteroatoms. The first-order valence-corrected chi connectivity index (χ1v) is 6.58. The van der Waals surface area contributed by atoms with Crippen molar-refractivity contribution in [3.05, 3.63) is 47.0 Å². The van der Waals surface area contributed by atoms with Gasteiger partial charge in [0.15, 0.2) is 0 Å². The number of nitrogens with one attached hydrogen (secondary N) is 2. The number of amides is 2. The summed E-state index contributed by atoms with van der Waals surface area (Å²) in [4.78, 5) is 12.0. The van der Waals surface area contributed by atoms with Crippen molar-refractivity contribution in [1.82, 2.24) is 0 Å². The van der Waals surface area contributed by atoms with Crippen LogP contribution in [-0.4, -0.2) is 18.2 Å². The molecule has 2 amide bonds. The summed E-state index contributed by atoms with van der Waals surface area (Å²) in [6, 6.07) is 9.37. The van der Waals surface area contributed by atoms with Gasteiger partial charge in [-0.2, -0.15) is 0 Å². The fourth-order valence-electron chi connectivity index (χ4n) is 1.80. The molecule has 0 saturated carbocycles. The van der Waals surface area contributed by atoms with Crippen molar-refractivity contribution < 1.29 is 14.6 Å². The molecule has 0 radical (unpaired) electrons. The largest absolute Gasteiger partial charge is 0.506 e. The van der Waals surface area contributed by atoms with E-state index in [0.717, 1.165) is 5.56 Å². The Kier molecular flexibility index (Phi) is 4.55. The number of carbonyl (C=O) groups excluding carboxylic acids is 1. The molecule has 5 nitrogen and oxygen atoms in total. The minimum absolute atomic E-state index is 0.00297. The molecule has 0 saturated heterocycles. The second-order valence-electron chi connectivity index (χ2n) is 4.44. The Bertz CT molecular complexity index is 674. The zero-order valence-electron chi connectivity index (χ0n) is 11.6. The van der Waals surface area contributed by atoms with Crippen molar-refractivity contribution in [1.29, 1.82) is 0 Å². The topological polar surface area (TPSA) is 70.6 Å². The number of aryl methyl sites for hydroxylation is 1. The number of hydrogen-bond donors (Lipinski definition) is 3. The summed E-state index contributed by atoms with van der Waals surface area (Å²) in [5.74, 6) is 0.492. The van der Waals surface area contributed by atoms with Crippen molar-refractivity contribution in [2.24, 2.45) is 0 Å². The van der Waals surface area contributed by atoms with E-state index in [1.54, 1.807) is 36.4 Å². The molecule has 0 fully saturated rings. The van der Waals surface area contributed by atoms with Crippen molar-refractivity contribution in [2.45, 2.75) is 6.92 Å². The SMILES string of the molecule is COc1ccc(Cl)cc1NC(=O)Nc1ccc(C)cc1O. The van der Waals surface area contributed by atoms with Crippen LogP contribution in [0.2, 0.25) is 5.02 Å². The summed E-state index contributed by atoms with van der Waals surface area (Å²) in [5, 5.41) is 15.4. The second kappa shape index (κ2) is 6.37. The molecule has 0 bridgehead atoms. The van der Waals surface area contributed by atoms with Gasteiger partial charge in [0, 0.05) is 5.02 Å². The highest BCUT2D eigenvalue weighted by atomic mass is 35.5. The lowest BCUT2D eigenvalue weighted by Crippen LogP contribution is -2.19. The molecular weight excluding hydrogens is 292 g/mol. The summed E-state index contributed by atoms with van der Waals surface area (Å²) in [5.41, 5.74) is 1.66. The average Bonchev–Trinajstić information content (AvgIpc) is 2.42. The molecule has 0 aliphatic heterocycles. The number of methoxy groups -OCH3 is 1. The Morgan fingerprint density at radius 3 is 2.52 bits per heavy atom. The lowest BCUT2D eigenvalue weighted by Gasteiger charge is -2.12. The Balaban J connectivity index is 2.13. The molecule has 0 atom stereocenters. The number of hydrogen-bond acceptors (Lipinski definition) is 3. The normalized spacial score (nSPS) is 10.0. The van der Waals surface area contributed by atoms with Gasteiger partial charge in [-0.3, -0.25) is 0 Å². The zero-order chi connectivity index (χ0) is 15.4. The smallest absolute Gasteiger partial charge is 0.323 e. The third-order valence-corrected chi connectivity index (χ3v) is 3.05. The number of phenolic OH excluding ortho intramolecular Hbond substituents is 1. The number of carbonyl (C=O) groups is 1. The first kappa shape index (κ1) is 15.0. The molecule has 2 aromatic carbocycles. The lowest BCUT2D eigenvalue weighted by atomic mass is 10.2. The van der Waals surface area contributed by atoms with Gasteiger partial charge >= 0.3 is 6.03 Å². The van der Waals surface area contributed by atoms with Crippen LogP contribution in [0.1, 0.15) is 5.56 Å². The first-order chi connectivity index (χ1) is 9.99. The maximum absolute atomic E-state index is 12.0. The fourth-order valence-corrected chi connectivity index (χ4v) is 1.97. The van der Waals surface area contributed by atoms with Crippen LogP contribution in [0, 0.1) is 6.92 Å². The van der Waals surface area contributed by atoms with Gasteiger partial charge in [-0.1, -0.05) is 17.7 Å². The highest BCUT2D eigenvalue weighted by molar-refractivity contribution is 6.31. The highest BCUT2D eigenvalue weighted by Gasteiger charge is 2.10. The summed E-state index contributed by atoms with van der Waals surface area (Å²) >= 11 is 5.89. The summed E-state index contributed by atoms with van der Waals surface area (Å²) in [6.07, 6.45) is 0. The molecule has 0 aliphatic rings. The van der Waals surface area contributed by atoms with Crippen LogP contribution < -0.4 is 15.4 Å². The van der Waals surface area contributed by atoms with Gasteiger partial charge in [-0.15, -0.1) is 0 Å². The van der Waals surface area contributed by atoms with Crippen LogP contribution in [-0.2, 0) is 0 Å². The first-order valence-electron chi connectivity index (χ1n) is 6.21. The van der Waals surface area contributed by atoms with Crippen LogP contribution in [0.15, 0.2) is 36.4 Å².